The Morgan fingerprint density at radius 2 is 1.72 bits per heavy atom. The highest BCUT2D eigenvalue weighted by atomic mass is 16.2. The molecule has 1 rings (SSSR count). The molecule has 0 aliphatic heterocycles. The number of carbonyl (C=O) groups is 2. The maximum atomic E-state index is 12.5. The molecule has 1 aliphatic rings. The maximum Gasteiger partial charge on any atom is 0.243 e. The molecule has 18 heavy (non-hydrogen) atoms. The lowest BCUT2D eigenvalue weighted by Crippen LogP contribution is -2.58. The van der Waals surface area contributed by atoms with Gasteiger partial charge in [0, 0.05) is 6.04 Å². The van der Waals surface area contributed by atoms with Crippen LogP contribution in [0.1, 0.15) is 52.4 Å². The van der Waals surface area contributed by atoms with Gasteiger partial charge in [-0.05, 0) is 25.7 Å². The molecule has 0 saturated heterocycles. The zero-order chi connectivity index (χ0) is 13.8. The van der Waals surface area contributed by atoms with E-state index in [4.69, 9.17) is 11.5 Å². The Kier molecular flexibility index (Phi) is 5.14. The second-order valence-corrected chi connectivity index (χ2v) is 5.20. The zero-order valence-corrected chi connectivity index (χ0v) is 11.4. The van der Waals surface area contributed by atoms with Crippen LogP contribution in [0.5, 0.6) is 0 Å². The van der Waals surface area contributed by atoms with Crippen molar-refractivity contribution in [1.29, 1.82) is 0 Å². The fourth-order valence-electron chi connectivity index (χ4n) is 2.59. The van der Waals surface area contributed by atoms with Crippen LogP contribution in [0, 0.1) is 0 Å². The van der Waals surface area contributed by atoms with Gasteiger partial charge >= 0.3 is 0 Å². The van der Waals surface area contributed by atoms with E-state index in [9.17, 15) is 9.59 Å². The minimum Gasteiger partial charge on any atom is -0.368 e. The highest BCUT2D eigenvalue weighted by Crippen LogP contribution is 2.26. The lowest BCUT2D eigenvalue weighted by atomic mass is 9.91. The summed E-state index contributed by atoms with van der Waals surface area (Å²) >= 11 is 0. The van der Waals surface area contributed by atoms with Crippen molar-refractivity contribution in [1.82, 2.24) is 4.90 Å². The van der Waals surface area contributed by atoms with Crippen LogP contribution in [0.3, 0.4) is 0 Å². The fourth-order valence-corrected chi connectivity index (χ4v) is 2.59. The van der Waals surface area contributed by atoms with Crippen LogP contribution in [0.4, 0.5) is 0 Å². The van der Waals surface area contributed by atoms with Crippen molar-refractivity contribution in [3.8, 4) is 0 Å². The lowest BCUT2D eigenvalue weighted by molar-refractivity contribution is -0.142. The summed E-state index contributed by atoms with van der Waals surface area (Å²) in [7, 11) is 0. The van der Waals surface area contributed by atoms with Gasteiger partial charge in [-0.15, -0.1) is 0 Å². The number of carbonyl (C=O) groups excluding carboxylic acids is 2. The van der Waals surface area contributed by atoms with Crippen LogP contribution in [0.15, 0.2) is 0 Å². The molecule has 1 aliphatic carbocycles. The van der Waals surface area contributed by atoms with Gasteiger partial charge in [0.1, 0.15) is 0 Å². The fraction of sp³-hybridized carbons (Fsp3) is 0.846. The van der Waals surface area contributed by atoms with E-state index in [2.05, 4.69) is 0 Å². The molecule has 0 heterocycles. The van der Waals surface area contributed by atoms with Gasteiger partial charge in [0.25, 0.3) is 0 Å². The topological polar surface area (TPSA) is 89.4 Å². The molecule has 1 fully saturated rings. The summed E-state index contributed by atoms with van der Waals surface area (Å²) in [6, 6.07) is 0.131. The third-order valence-corrected chi connectivity index (χ3v) is 4.04. The molecule has 0 bridgehead atoms. The van der Waals surface area contributed by atoms with Crippen molar-refractivity contribution in [2.24, 2.45) is 11.5 Å². The first-order valence-corrected chi connectivity index (χ1v) is 6.83. The summed E-state index contributed by atoms with van der Waals surface area (Å²) in [5.41, 5.74) is 10.5. The van der Waals surface area contributed by atoms with Crippen LogP contribution in [0.2, 0.25) is 0 Å². The number of hydrogen-bond acceptors (Lipinski definition) is 3. The van der Waals surface area contributed by atoms with Crippen molar-refractivity contribution < 1.29 is 9.59 Å². The van der Waals surface area contributed by atoms with Crippen molar-refractivity contribution in [2.45, 2.75) is 64.0 Å². The molecule has 104 valence electrons. The predicted octanol–water partition coefficient (Wildman–Crippen LogP) is 0.760. The molecular weight excluding hydrogens is 230 g/mol. The minimum atomic E-state index is -0.863. The quantitative estimate of drug-likeness (QED) is 0.734. The van der Waals surface area contributed by atoms with Crippen molar-refractivity contribution in [3.63, 3.8) is 0 Å². The number of primary amides is 1. The minimum absolute atomic E-state index is 0.0115. The summed E-state index contributed by atoms with van der Waals surface area (Å²) in [5.74, 6) is -0.594. The maximum absolute atomic E-state index is 12.5. The van der Waals surface area contributed by atoms with Gasteiger partial charge in [0.15, 0.2) is 0 Å². The van der Waals surface area contributed by atoms with Gasteiger partial charge in [-0.25, -0.2) is 0 Å². The van der Waals surface area contributed by atoms with Gasteiger partial charge in [-0.1, -0.05) is 26.7 Å². The number of amides is 2. The van der Waals surface area contributed by atoms with Crippen LogP contribution < -0.4 is 11.5 Å². The summed E-state index contributed by atoms with van der Waals surface area (Å²) in [6.45, 7) is 3.79. The largest absolute Gasteiger partial charge is 0.368 e. The third-order valence-electron chi connectivity index (χ3n) is 4.04. The summed E-state index contributed by atoms with van der Waals surface area (Å²) < 4.78 is 0. The summed E-state index contributed by atoms with van der Waals surface area (Å²) in [4.78, 5) is 25.3. The van der Waals surface area contributed by atoms with Crippen molar-refractivity contribution >= 4 is 11.8 Å². The molecule has 1 saturated carbocycles. The van der Waals surface area contributed by atoms with E-state index in [0.717, 1.165) is 25.7 Å². The molecule has 4 N–H and O–H groups in total. The van der Waals surface area contributed by atoms with Gasteiger partial charge in [-0.3, -0.25) is 9.59 Å². The second kappa shape index (κ2) is 6.18. The van der Waals surface area contributed by atoms with E-state index in [1.54, 1.807) is 4.90 Å². The molecule has 0 radical (unpaired) electrons. The number of nitrogens with two attached hydrogens (primary N) is 2. The molecule has 0 atom stereocenters. The molecule has 5 nitrogen and oxygen atoms in total. The number of hydrogen-bond donors (Lipinski definition) is 2. The van der Waals surface area contributed by atoms with Gasteiger partial charge < -0.3 is 16.4 Å². The van der Waals surface area contributed by atoms with Gasteiger partial charge in [0.2, 0.25) is 11.8 Å². The molecule has 0 aromatic carbocycles. The van der Waals surface area contributed by atoms with Crippen LogP contribution in [-0.2, 0) is 9.59 Å². The first-order valence-electron chi connectivity index (χ1n) is 6.83. The van der Waals surface area contributed by atoms with E-state index >= 15 is 0 Å². The van der Waals surface area contributed by atoms with Crippen LogP contribution in [-0.4, -0.2) is 34.8 Å². The molecule has 0 aromatic heterocycles. The van der Waals surface area contributed by atoms with E-state index in [1.807, 2.05) is 13.8 Å². The summed E-state index contributed by atoms with van der Waals surface area (Å²) in [5, 5.41) is 0. The Morgan fingerprint density at radius 3 is 2.11 bits per heavy atom. The Hall–Kier alpha value is -1.10. The molecule has 2 amide bonds. The third kappa shape index (κ3) is 3.22. The zero-order valence-electron chi connectivity index (χ0n) is 11.4. The van der Waals surface area contributed by atoms with E-state index < -0.39 is 11.4 Å². The van der Waals surface area contributed by atoms with E-state index in [1.165, 1.54) is 0 Å². The molecule has 0 unspecified atom stereocenters. The van der Waals surface area contributed by atoms with Crippen molar-refractivity contribution in [2.75, 3.05) is 6.54 Å². The molecule has 0 spiro atoms. The summed E-state index contributed by atoms with van der Waals surface area (Å²) in [6.07, 6.45) is 5.24. The van der Waals surface area contributed by atoms with E-state index in [0.29, 0.717) is 12.8 Å². The Labute approximate surface area is 109 Å². The van der Waals surface area contributed by atoms with Crippen LogP contribution in [0.25, 0.3) is 0 Å². The first-order chi connectivity index (χ1) is 8.44. The Bertz CT molecular complexity index is 307. The van der Waals surface area contributed by atoms with Crippen molar-refractivity contribution in [3.05, 3.63) is 0 Å². The Balaban J connectivity index is 2.87. The first kappa shape index (κ1) is 15.0. The lowest BCUT2D eigenvalue weighted by Gasteiger charge is -2.36. The smallest absolute Gasteiger partial charge is 0.243 e. The molecule has 0 aromatic rings. The second-order valence-electron chi connectivity index (χ2n) is 5.20. The average Bonchev–Trinajstić information content (AvgIpc) is 2.87. The van der Waals surface area contributed by atoms with Gasteiger partial charge in [-0.2, -0.15) is 0 Å². The molecule has 5 heteroatoms. The predicted molar refractivity (Wildman–Crippen MR) is 70.7 cm³/mol. The van der Waals surface area contributed by atoms with E-state index in [-0.39, 0.29) is 18.5 Å². The molecular formula is C13H25N3O2. The number of rotatable bonds is 6. The van der Waals surface area contributed by atoms with Crippen LogP contribution >= 0.6 is 0 Å². The average molecular weight is 255 g/mol. The Morgan fingerprint density at radius 1 is 1.22 bits per heavy atom. The van der Waals surface area contributed by atoms with Gasteiger partial charge in [0.05, 0.1) is 12.1 Å². The highest BCUT2D eigenvalue weighted by molar-refractivity contribution is 5.90. The standard InChI is InChI=1S/C13H25N3O2/c1-3-13(15,4-2)12(18)16(9-11(14)17)10-7-5-6-8-10/h10H,3-9,15H2,1-2H3,(H2,14,17). The monoisotopic (exact) mass is 255 g/mol. The SMILES string of the molecule is CCC(N)(CC)C(=O)N(CC(N)=O)C1CCCC1. The number of nitrogens with zero attached hydrogens (tertiary/aromatic N) is 1. The normalized spacial score (nSPS) is 16.8. The highest BCUT2D eigenvalue weighted by Gasteiger charge is 2.38.